The number of likely N-dealkylation sites (N-methyl/N-ethyl adjacent to an activating group) is 1. The molecule has 19 heavy (non-hydrogen) atoms. The fourth-order valence-corrected chi connectivity index (χ4v) is 1.62. The smallest absolute Gasteiger partial charge is 0.253 e. The van der Waals surface area contributed by atoms with Crippen LogP contribution in [-0.2, 0) is 0 Å². The second kappa shape index (κ2) is 7.01. The number of aromatic nitrogens is 2. The maximum Gasteiger partial charge on any atom is 0.253 e. The number of amides is 1. The zero-order valence-corrected chi connectivity index (χ0v) is 11.7. The van der Waals surface area contributed by atoms with E-state index in [4.69, 9.17) is 0 Å². The summed E-state index contributed by atoms with van der Waals surface area (Å²) < 4.78 is 0. The van der Waals surface area contributed by atoms with Crippen LogP contribution in [0.1, 0.15) is 17.3 Å². The lowest BCUT2D eigenvalue weighted by molar-refractivity contribution is 0.0952. The van der Waals surface area contributed by atoms with E-state index in [1.165, 1.54) is 0 Å². The summed E-state index contributed by atoms with van der Waals surface area (Å²) in [5, 5.41) is 5.94. The Hall–Kier alpha value is -1.72. The largest absolute Gasteiger partial charge is 0.350 e. The van der Waals surface area contributed by atoms with E-state index in [-0.39, 0.29) is 24.4 Å². The minimum Gasteiger partial charge on any atom is -0.350 e. The number of hydrogen-bond acceptors (Lipinski definition) is 4. The van der Waals surface area contributed by atoms with Gasteiger partial charge in [-0.1, -0.05) is 6.07 Å². The van der Waals surface area contributed by atoms with Crippen molar-refractivity contribution in [3.63, 3.8) is 0 Å². The quantitative estimate of drug-likeness (QED) is 0.888. The molecule has 0 spiro atoms. The van der Waals surface area contributed by atoms with E-state index >= 15 is 0 Å². The average Bonchev–Trinajstić information content (AvgIpc) is 2.43. The van der Waals surface area contributed by atoms with Crippen LogP contribution in [-0.4, -0.2) is 35.5 Å². The Kier molecular flexibility index (Phi) is 5.66. The van der Waals surface area contributed by atoms with Crippen LogP contribution in [0.5, 0.6) is 0 Å². The van der Waals surface area contributed by atoms with Crippen molar-refractivity contribution in [3.05, 3.63) is 36.2 Å². The third kappa shape index (κ3) is 3.62. The third-order valence-corrected chi connectivity index (χ3v) is 2.80. The molecule has 0 saturated carbocycles. The Morgan fingerprint density at radius 1 is 1.32 bits per heavy atom. The van der Waals surface area contributed by atoms with Gasteiger partial charge in [-0.3, -0.25) is 14.8 Å². The summed E-state index contributed by atoms with van der Waals surface area (Å²) in [6.07, 6.45) is 3.21. The molecular formula is C13H17ClN4O. The number of nitrogens with zero attached hydrogens (tertiary/aromatic N) is 2. The van der Waals surface area contributed by atoms with Gasteiger partial charge in [-0.05, 0) is 26.1 Å². The van der Waals surface area contributed by atoms with Gasteiger partial charge in [-0.2, -0.15) is 0 Å². The molecule has 0 radical (unpaired) electrons. The first-order valence-corrected chi connectivity index (χ1v) is 5.87. The molecule has 0 aliphatic carbocycles. The Morgan fingerprint density at radius 2 is 2.05 bits per heavy atom. The summed E-state index contributed by atoms with van der Waals surface area (Å²) in [5.74, 6) is -0.122. The van der Waals surface area contributed by atoms with Gasteiger partial charge in [-0.15, -0.1) is 12.4 Å². The van der Waals surface area contributed by atoms with Gasteiger partial charge in [-0.25, -0.2) is 0 Å². The first-order valence-electron chi connectivity index (χ1n) is 5.87. The summed E-state index contributed by atoms with van der Waals surface area (Å²) in [6, 6.07) is 5.65. The van der Waals surface area contributed by atoms with E-state index < -0.39 is 0 Å². The number of benzene rings is 1. The Labute approximate surface area is 118 Å². The molecule has 0 bridgehead atoms. The molecule has 1 heterocycles. The number of hydrogen-bond donors (Lipinski definition) is 2. The topological polar surface area (TPSA) is 66.9 Å². The summed E-state index contributed by atoms with van der Waals surface area (Å²) >= 11 is 0. The maximum atomic E-state index is 12.1. The maximum absolute atomic E-state index is 12.1. The molecule has 2 rings (SSSR count). The minimum absolute atomic E-state index is 0. The predicted molar refractivity (Wildman–Crippen MR) is 77.6 cm³/mol. The zero-order chi connectivity index (χ0) is 13.0. The number of fused-ring (bicyclic) bond motifs is 1. The van der Waals surface area contributed by atoms with Gasteiger partial charge in [0.05, 0.1) is 11.1 Å². The fraction of sp³-hybridized carbons (Fsp3) is 0.308. The number of carbonyl (C=O) groups excluding carboxylic acids is 1. The molecule has 0 saturated heterocycles. The number of para-hydroxylation sites is 1. The van der Waals surface area contributed by atoms with E-state index in [1.807, 2.05) is 26.1 Å². The molecule has 1 unspecified atom stereocenters. The molecule has 1 aromatic heterocycles. The van der Waals surface area contributed by atoms with Crippen LogP contribution in [0.15, 0.2) is 30.6 Å². The molecule has 1 atom stereocenters. The first-order chi connectivity index (χ1) is 8.72. The van der Waals surface area contributed by atoms with E-state index in [2.05, 4.69) is 20.6 Å². The van der Waals surface area contributed by atoms with Crippen molar-refractivity contribution in [2.45, 2.75) is 13.0 Å². The second-order valence-electron chi connectivity index (χ2n) is 4.13. The summed E-state index contributed by atoms with van der Waals surface area (Å²) in [4.78, 5) is 20.5. The standard InChI is InChI=1S/C13H16N4O.ClH/c1-9(14-2)8-17-13(18)10-4-3-5-11-12(10)16-7-6-15-11;/h3-7,9,14H,8H2,1-2H3,(H,17,18);1H. The van der Waals surface area contributed by atoms with Gasteiger partial charge >= 0.3 is 0 Å². The number of rotatable bonds is 4. The minimum atomic E-state index is -0.122. The zero-order valence-electron chi connectivity index (χ0n) is 10.9. The van der Waals surface area contributed by atoms with Crippen LogP contribution in [0, 0.1) is 0 Å². The van der Waals surface area contributed by atoms with Crippen LogP contribution in [0.4, 0.5) is 0 Å². The molecule has 0 aliphatic heterocycles. The lowest BCUT2D eigenvalue weighted by atomic mass is 10.1. The van der Waals surface area contributed by atoms with E-state index in [0.717, 1.165) is 5.52 Å². The van der Waals surface area contributed by atoms with Crippen LogP contribution < -0.4 is 10.6 Å². The second-order valence-corrected chi connectivity index (χ2v) is 4.13. The third-order valence-electron chi connectivity index (χ3n) is 2.80. The predicted octanol–water partition coefficient (Wildman–Crippen LogP) is 1.39. The molecule has 2 aromatic rings. The normalized spacial score (nSPS) is 11.7. The Morgan fingerprint density at radius 3 is 2.79 bits per heavy atom. The molecule has 0 aliphatic rings. The van der Waals surface area contributed by atoms with E-state index in [1.54, 1.807) is 18.5 Å². The van der Waals surface area contributed by atoms with Crippen molar-refractivity contribution in [3.8, 4) is 0 Å². The van der Waals surface area contributed by atoms with Crippen molar-refractivity contribution in [1.29, 1.82) is 0 Å². The molecule has 5 nitrogen and oxygen atoms in total. The molecule has 2 N–H and O–H groups in total. The molecule has 102 valence electrons. The van der Waals surface area contributed by atoms with Gasteiger partial charge in [0.15, 0.2) is 0 Å². The monoisotopic (exact) mass is 280 g/mol. The van der Waals surface area contributed by atoms with Crippen molar-refractivity contribution in [2.24, 2.45) is 0 Å². The highest BCUT2D eigenvalue weighted by molar-refractivity contribution is 6.04. The molecule has 1 aromatic carbocycles. The van der Waals surface area contributed by atoms with Gasteiger partial charge in [0.25, 0.3) is 5.91 Å². The number of halogens is 1. The van der Waals surface area contributed by atoms with Crippen molar-refractivity contribution < 1.29 is 4.79 Å². The molecular weight excluding hydrogens is 264 g/mol. The van der Waals surface area contributed by atoms with E-state index in [9.17, 15) is 4.79 Å². The van der Waals surface area contributed by atoms with Crippen LogP contribution in [0.25, 0.3) is 11.0 Å². The highest BCUT2D eigenvalue weighted by Crippen LogP contribution is 2.13. The number of nitrogens with one attached hydrogen (secondary N) is 2. The van der Waals surface area contributed by atoms with Crippen LogP contribution >= 0.6 is 12.4 Å². The van der Waals surface area contributed by atoms with Crippen molar-refractivity contribution in [2.75, 3.05) is 13.6 Å². The molecule has 0 fully saturated rings. The summed E-state index contributed by atoms with van der Waals surface area (Å²) in [6.45, 7) is 2.58. The van der Waals surface area contributed by atoms with E-state index in [0.29, 0.717) is 17.6 Å². The summed E-state index contributed by atoms with van der Waals surface area (Å²) in [7, 11) is 1.86. The highest BCUT2D eigenvalue weighted by atomic mass is 35.5. The lowest BCUT2D eigenvalue weighted by Crippen LogP contribution is -2.37. The lowest BCUT2D eigenvalue weighted by Gasteiger charge is -2.11. The fourth-order valence-electron chi connectivity index (χ4n) is 1.62. The molecule has 6 heteroatoms. The van der Waals surface area contributed by atoms with Gasteiger partial charge < -0.3 is 10.6 Å². The average molecular weight is 281 g/mol. The van der Waals surface area contributed by atoms with Gasteiger partial charge in [0.1, 0.15) is 5.52 Å². The number of carbonyl (C=O) groups is 1. The summed E-state index contributed by atoms with van der Waals surface area (Å²) in [5.41, 5.74) is 1.92. The SMILES string of the molecule is CNC(C)CNC(=O)c1cccc2nccnc12.Cl. The molecule has 1 amide bonds. The van der Waals surface area contributed by atoms with Crippen LogP contribution in [0.3, 0.4) is 0 Å². The highest BCUT2D eigenvalue weighted by Gasteiger charge is 2.11. The van der Waals surface area contributed by atoms with Gasteiger partial charge in [0.2, 0.25) is 0 Å². The Bertz CT molecular complexity index is 556. The van der Waals surface area contributed by atoms with Gasteiger partial charge in [0, 0.05) is 25.0 Å². The Balaban J connectivity index is 0.00000180. The first kappa shape index (κ1) is 15.3. The van der Waals surface area contributed by atoms with Crippen molar-refractivity contribution in [1.82, 2.24) is 20.6 Å². The van der Waals surface area contributed by atoms with Crippen molar-refractivity contribution >= 4 is 29.3 Å². The van der Waals surface area contributed by atoms with Crippen LogP contribution in [0.2, 0.25) is 0 Å².